The highest BCUT2D eigenvalue weighted by molar-refractivity contribution is 7.13. The number of amides is 2. The third kappa shape index (κ3) is 3.89. The summed E-state index contributed by atoms with van der Waals surface area (Å²) in [6.07, 6.45) is 1.07. The van der Waals surface area contributed by atoms with Crippen molar-refractivity contribution in [3.63, 3.8) is 0 Å². The first-order valence-corrected chi connectivity index (χ1v) is 11.0. The molecule has 3 aromatic rings. The Bertz CT molecular complexity index is 1060. The number of nitrogens with two attached hydrogens (primary N) is 1. The van der Waals surface area contributed by atoms with Gasteiger partial charge in [-0.2, -0.15) is 5.10 Å². The number of nitrogens with zero attached hydrogens (tertiary/aromatic N) is 2. The number of thiophene rings is 1. The van der Waals surface area contributed by atoms with Crippen LogP contribution in [0, 0.1) is 5.41 Å². The minimum atomic E-state index is -0.763. The number of benzene rings is 1. The first kappa shape index (κ1) is 20.3. The van der Waals surface area contributed by atoms with Crippen LogP contribution in [-0.2, 0) is 11.2 Å². The molecule has 30 heavy (non-hydrogen) atoms. The molecule has 1 aliphatic rings. The van der Waals surface area contributed by atoms with Crippen LogP contribution in [0.1, 0.15) is 47.9 Å². The van der Waals surface area contributed by atoms with Crippen molar-refractivity contribution in [3.05, 3.63) is 64.8 Å². The highest BCUT2D eigenvalue weighted by Gasteiger charge is 2.45. The van der Waals surface area contributed by atoms with E-state index in [-0.39, 0.29) is 17.7 Å². The monoisotopic (exact) mass is 422 g/mol. The molecule has 7 heteroatoms. The minimum Gasteiger partial charge on any atom is -0.369 e. The van der Waals surface area contributed by atoms with Gasteiger partial charge in [0, 0.05) is 23.7 Å². The summed E-state index contributed by atoms with van der Waals surface area (Å²) in [7, 11) is 0. The predicted molar refractivity (Wildman–Crippen MR) is 118 cm³/mol. The molecule has 156 valence electrons. The Hall–Kier alpha value is -2.93. The van der Waals surface area contributed by atoms with Crippen molar-refractivity contribution < 1.29 is 9.59 Å². The van der Waals surface area contributed by atoms with Crippen LogP contribution >= 0.6 is 11.3 Å². The molecule has 4 rings (SSSR count). The minimum absolute atomic E-state index is 0.159. The lowest BCUT2D eigenvalue weighted by Gasteiger charge is -2.26. The van der Waals surface area contributed by atoms with Gasteiger partial charge in [-0.15, -0.1) is 11.3 Å². The van der Waals surface area contributed by atoms with E-state index in [9.17, 15) is 9.59 Å². The fraction of sp³-hybridized carbons (Fsp3) is 0.348. The number of hydrogen-bond acceptors (Lipinski definition) is 4. The number of H-pyrrole nitrogens is 1. The van der Waals surface area contributed by atoms with E-state index in [0.717, 1.165) is 16.8 Å². The van der Waals surface area contributed by atoms with E-state index in [4.69, 9.17) is 5.73 Å². The number of hydrogen-bond donors (Lipinski definition) is 2. The Morgan fingerprint density at radius 1 is 1.27 bits per heavy atom. The molecule has 0 unspecified atom stereocenters. The van der Waals surface area contributed by atoms with Crippen molar-refractivity contribution in [3.8, 4) is 10.4 Å². The molecule has 0 bridgehead atoms. The highest BCUT2D eigenvalue weighted by atomic mass is 32.1. The van der Waals surface area contributed by atoms with Gasteiger partial charge in [-0.25, -0.2) is 0 Å². The number of primary amides is 1. The molecule has 1 aliphatic heterocycles. The summed E-state index contributed by atoms with van der Waals surface area (Å²) < 4.78 is 0. The van der Waals surface area contributed by atoms with Crippen LogP contribution in [0.3, 0.4) is 0 Å². The molecular weight excluding hydrogens is 396 g/mol. The summed E-state index contributed by atoms with van der Waals surface area (Å²) in [6, 6.07) is 14.1. The Balaban J connectivity index is 1.53. The van der Waals surface area contributed by atoms with E-state index in [1.807, 2.05) is 37.4 Å². The number of carbonyl (C=O) groups is 2. The summed E-state index contributed by atoms with van der Waals surface area (Å²) in [6.45, 7) is 4.89. The van der Waals surface area contributed by atoms with Gasteiger partial charge in [0.15, 0.2) is 0 Å². The molecule has 0 radical (unpaired) electrons. The molecule has 0 aliphatic carbocycles. The average Bonchev–Trinajstić information content (AvgIpc) is 3.48. The third-order valence-corrected chi connectivity index (χ3v) is 6.80. The van der Waals surface area contributed by atoms with Gasteiger partial charge >= 0.3 is 0 Å². The van der Waals surface area contributed by atoms with Crippen molar-refractivity contribution in [2.75, 3.05) is 13.1 Å². The molecule has 2 amide bonds. The number of likely N-dealkylation sites (tertiary alicyclic amines) is 1. The van der Waals surface area contributed by atoms with Crippen molar-refractivity contribution in [1.29, 1.82) is 0 Å². The molecule has 0 spiro atoms. The fourth-order valence-corrected chi connectivity index (χ4v) is 4.77. The smallest absolute Gasteiger partial charge is 0.274 e. The number of rotatable bonds is 6. The zero-order valence-corrected chi connectivity index (χ0v) is 18.0. The molecule has 1 atom stereocenters. The number of nitrogens with one attached hydrogen (secondary N) is 1. The lowest BCUT2D eigenvalue weighted by molar-refractivity contribution is -0.126. The molecule has 6 nitrogen and oxygen atoms in total. The lowest BCUT2D eigenvalue weighted by Crippen LogP contribution is -2.42. The van der Waals surface area contributed by atoms with Gasteiger partial charge in [0.1, 0.15) is 5.69 Å². The van der Waals surface area contributed by atoms with Crippen LogP contribution in [0.5, 0.6) is 0 Å². The Kier molecular flexibility index (Phi) is 5.47. The topological polar surface area (TPSA) is 92.1 Å². The second kappa shape index (κ2) is 8.07. The van der Waals surface area contributed by atoms with Crippen LogP contribution in [-0.4, -0.2) is 40.0 Å². The molecular formula is C23H26N4O2S. The van der Waals surface area contributed by atoms with E-state index in [1.54, 1.807) is 22.3 Å². The maximum atomic E-state index is 12.9. The summed E-state index contributed by atoms with van der Waals surface area (Å²) >= 11 is 1.68. The second-order valence-electron chi connectivity index (χ2n) is 8.34. The molecule has 1 saturated heterocycles. The Morgan fingerprint density at radius 3 is 2.77 bits per heavy atom. The van der Waals surface area contributed by atoms with Gasteiger partial charge in [0.2, 0.25) is 5.91 Å². The standard InChI is InChI=1S/C23H26N4O2S/c1-15(2)18-12-19(26-25-18)21(28)27-9-8-23(14-27,22(24)29)13-16-5-3-6-17(11-16)20-7-4-10-30-20/h3-7,10-12,15H,8-9,13-14H2,1-2H3,(H2,24,29)(H,25,26)/t23-/m1/s1. The molecule has 2 aromatic heterocycles. The number of aromatic nitrogens is 2. The fourth-order valence-electron chi connectivity index (χ4n) is 4.05. The Morgan fingerprint density at radius 2 is 2.10 bits per heavy atom. The van der Waals surface area contributed by atoms with Crippen LogP contribution in [0.25, 0.3) is 10.4 Å². The van der Waals surface area contributed by atoms with Crippen molar-refractivity contribution >= 4 is 23.2 Å². The second-order valence-corrected chi connectivity index (χ2v) is 9.29. The van der Waals surface area contributed by atoms with E-state index in [1.165, 1.54) is 4.88 Å². The zero-order chi connectivity index (χ0) is 21.3. The third-order valence-electron chi connectivity index (χ3n) is 5.88. The van der Waals surface area contributed by atoms with Crippen LogP contribution in [0.15, 0.2) is 47.8 Å². The van der Waals surface area contributed by atoms with Gasteiger partial charge in [-0.05, 0) is 47.4 Å². The maximum Gasteiger partial charge on any atom is 0.274 e. The van der Waals surface area contributed by atoms with Gasteiger partial charge < -0.3 is 10.6 Å². The average molecular weight is 423 g/mol. The van der Waals surface area contributed by atoms with Crippen molar-refractivity contribution in [1.82, 2.24) is 15.1 Å². The zero-order valence-electron chi connectivity index (χ0n) is 17.2. The Labute approximate surface area is 180 Å². The predicted octanol–water partition coefficient (Wildman–Crippen LogP) is 3.82. The maximum absolute atomic E-state index is 12.9. The van der Waals surface area contributed by atoms with Crippen molar-refractivity contribution in [2.24, 2.45) is 11.1 Å². The van der Waals surface area contributed by atoms with Crippen molar-refractivity contribution in [2.45, 2.75) is 32.6 Å². The number of carbonyl (C=O) groups excluding carboxylic acids is 2. The van der Waals surface area contributed by atoms with E-state index in [0.29, 0.717) is 31.6 Å². The quantitative estimate of drug-likeness (QED) is 0.632. The molecule has 3 heterocycles. The molecule has 0 saturated carbocycles. The van der Waals surface area contributed by atoms with Gasteiger partial charge in [0.05, 0.1) is 5.41 Å². The highest BCUT2D eigenvalue weighted by Crippen LogP contribution is 2.36. The van der Waals surface area contributed by atoms with Crippen LogP contribution in [0.4, 0.5) is 0 Å². The summed E-state index contributed by atoms with van der Waals surface area (Å²) in [5.41, 5.74) is 8.59. The van der Waals surface area contributed by atoms with Gasteiger partial charge in [-0.3, -0.25) is 14.7 Å². The first-order valence-electron chi connectivity index (χ1n) is 10.2. The van der Waals surface area contributed by atoms with Gasteiger partial charge in [-0.1, -0.05) is 44.2 Å². The van der Waals surface area contributed by atoms with E-state index >= 15 is 0 Å². The summed E-state index contributed by atoms with van der Waals surface area (Å²) in [5, 5.41) is 9.14. The summed E-state index contributed by atoms with van der Waals surface area (Å²) in [4.78, 5) is 28.3. The van der Waals surface area contributed by atoms with E-state index < -0.39 is 5.41 Å². The molecule has 1 fully saturated rings. The SMILES string of the molecule is CC(C)c1cc(C(=O)N2CC[C@](Cc3cccc(-c4cccs4)c3)(C(N)=O)C2)n[nH]1. The lowest BCUT2D eigenvalue weighted by atomic mass is 9.80. The number of aromatic amines is 1. The largest absolute Gasteiger partial charge is 0.369 e. The van der Waals surface area contributed by atoms with Crippen LogP contribution < -0.4 is 5.73 Å². The van der Waals surface area contributed by atoms with E-state index in [2.05, 4.69) is 28.4 Å². The van der Waals surface area contributed by atoms with Crippen LogP contribution in [0.2, 0.25) is 0 Å². The first-order chi connectivity index (χ1) is 14.4. The normalized spacial score (nSPS) is 18.8. The molecule has 3 N–H and O–H groups in total. The van der Waals surface area contributed by atoms with Gasteiger partial charge in [0.25, 0.3) is 5.91 Å². The molecule has 1 aromatic carbocycles. The summed E-state index contributed by atoms with van der Waals surface area (Å²) in [5.74, 6) is -0.254.